The molecular formula is C33H54N8O3. The van der Waals surface area contributed by atoms with Crippen molar-refractivity contribution in [1.29, 1.82) is 0 Å². The Morgan fingerprint density at radius 3 is 1.64 bits per heavy atom. The number of hydrogen-bond acceptors (Lipinski definition) is 8. The van der Waals surface area contributed by atoms with Crippen LogP contribution in [0.5, 0.6) is 0 Å². The van der Waals surface area contributed by atoms with Gasteiger partial charge in [0, 0.05) is 43.4 Å². The fraction of sp³-hybridized carbons (Fsp3) is 0.515. The van der Waals surface area contributed by atoms with Crippen LogP contribution in [0.1, 0.15) is 137 Å². The fourth-order valence-corrected chi connectivity index (χ4v) is 3.04. The SMILES string of the molecule is CC.CC.CCNC(=O)c1cc(C(C)C)ccn1.CCNC(=O)c1cc(C(C)C)ncn1.CCNC(=O)c1nccc(C)n1. The van der Waals surface area contributed by atoms with E-state index < -0.39 is 0 Å². The third-order valence-electron chi connectivity index (χ3n) is 5.21. The zero-order valence-electron chi connectivity index (χ0n) is 28.8. The molecule has 3 rings (SSSR count). The van der Waals surface area contributed by atoms with Gasteiger partial charge in [-0.3, -0.25) is 19.4 Å². The van der Waals surface area contributed by atoms with Crippen molar-refractivity contribution in [2.24, 2.45) is 0 Å². The van der Waals surface area contributed by atoms with Gasteiger partial charge in [-0.05, 0) is 69.4 Å². The van der Waals surface area contributed by atoms with Gasteiger partial charge >= 0.3 is 0 Å². The zero-order valence-corrected chi connectivity index (χ0v) is 28.8. The molecule has 3 aromatic rings. The Balaban J connectivity index is 0. The second kappa shape index (κ2) is 25.2. The van der Waals surface area contributed by atoms with Crippen molar-refractivity contribution in [3.8, 4) is 0 Å². The lowest BCUT2D eigenvalue weighted by Crippen LogP contribution is -2.24. The number of aromatic nitrogens is 5. The average Bonchev–Trinajstić information content (AvgIpc) is 3.04. The summed E-state index contributed by atoms with van der Waals surface area (Å²) in [5.41, 5.74) is 3.76. The first-order valence-corrected chi connectivity index (χ1v) is 15.5. The van der Waals surface area contributed by atoms with E-state index in [2.05, 4.69) is 54.7 Å². The molecule has 0 aliphatic carbocycles. The molecule has 0 saturated carbocycles. The topological polar surface area (TPSA) is 152 Å². The molecule has 0 unspecified atom stereocenters. The second-order valence-corrected chi connectivity index (χ2v) is 9.21. The predicted octanol–water partition coefficient (Wildman–Crippen LogP) is 5.89. The van der Waals surface area contributed by atoms with Crippen LogP contribution in [0.15, 0.2) is 43.0 Å². The first-order valence-electron chi connectivity index (χ1n) is 15.5. The van der Waals surface area contributed by atoms with E-state index in [1.165, 1.54) is 6.33 Å². The van der Waals surface area contributed by atoms with Crippen molar-refractivity contribution >= 4 is 17.7 Å². The number of amides is 3. The molecule has 3 amide bonds. The number of carbonyl (C=O) groups is 3. The standard InChI is InChI=1S/C11H16N2O.C10H15N3O.C8H11N3O.2C2H6/c1-4-12-11(14)10-7-9(8(2)3)5-6-13-10;1-4-11-10(14)9-5-8(7(2)3)12-6-13-9;1-3-9-8(12)7-10-5-4-6(2)11-7;2*1-2/h5-8H,4H2,1-3H3,(H,12,14);5-7H,4H2,1-3H3,(H,11,14);4-5H,3H2,1-2H3,(H,9,12);2*1-2H3. The van der Waals surface area contributed by atoms with Gasteiger partial charge in [0.15, 0.2) is 0 Å². The fourth-order valence-electron chi connectivity index (χ4n) is 3.04. The van der Waals surface area contributed by atoms with E-state index in [0.717, 1.165) is 17.0 Å². The monoisotopic (exact) mass is 610 g/mol. The molecule has 11 heteroatoms. The van der Waals surface area contributed by atoms with Crippen LogP contribution in [0, 0.1) is 6.92 Å². The van der Waals surface area contributed by atoms with Crippen LogP contribution in [-0.4, -0.2) is 62.3 Å². The number of aryl methyl sites for hydroxylation is 1. The average molecular weight is 611 g/mol. The highest BCUT2D eigenvalue weighted by molar-refractivity contribution is 5.92. The van der Waals surface area contributed by atoms with Crippen LogP contribution in [-0.2, 0) is 0 Å². The molecule has 0 radical (unpaired) electrons. The second-order valence-electron chi connectivity index (χ2n) is 9.21. The smallest absolute Gasteiger partial charge is 0.289 e. The Bertz CT molecular complexity index is 1170. The number of nitrogens with one attached hydrogen (secondary N) is 3. The minimum Gasteiger partial charge on any atom is -0.351 e. The quantitative estimate of drug-likeness (QED) is 0.285. The first-order chi connectivity index (χ1) is 21.0. The van der Waals surface area contributed by atoms with Crippen LogP contribution in [0.25, 0.3) is 0 Å². The summed E-state index contributed by atoms with van der Waals surface area (Å²) in [4.78, 5) is 53.9. The molecule has 3 N–H and O–H groups in total. The number of nitrogens with zero attached hydrogens (tertiary/aromatic N) is 5. The third kappa shape index (κ3) is 17.0. The summed E-state index contributed by atoms with van der Waals surface area (Å²) in [5.74, 6) is 0.502. The lowest BCUT2D eigenvalue weighted by atomic mass is 10.0. The van der Waals surface area contributed by atoms with E-state index in [4.69, 9.17) is 0 Å². The van der Waals surface area contributed by atoms with Crippen LogP contribution < -0.4 is 16.0 Å². The maximum absolute atomic E-state index is 11.4. The molecule has 0 saturated heterocycles. The molecule has 3 heterocycles. The third-order valence-corrected chi connectivity index (χ3v) is 5.21. The Labute approximate surface area is 264 Å². The molecule has 0 aromatic carbocycles. The van der Waals surface area contributed by atoms with Gasteiger partial charge in [0.05, 0.1) is 0 Å². The molecule has 44 heavy (non-hydrogen) atoms. The largest absolute Gasteiger partial charge is 0.351 e. The van der Waals surface area contributed by atoms with Crippen molar-refractivity contribution < 1.29 is 14.4 Å². The number of carbonyl (C=O) groups excluding carboxylic acids is 3. The zero-order chi connectivity index (χ0) is 34.1. The van der Waals surface area contributed by atoms with Gasteiger partial charge in [0.1, 0.15) is 17.7 Å². The first kappa shape index (κ1) is 41.9. The van der Waals surface area contributed by atoms with E-state index in [1.807, 2.05) is 81.4 Å². The molecule has 3 aromatic heterocycles. The maximum Gasteiger partial charge on any atom is 0.289 e. The van der Waals surface area contributed by atoms with Crippen LogP contribution in [0.3, 0.4) is 0 Å². The molecule has 0 spiro atoms. The van der Waals surface area contributed by atoms with Crippen LogP contribution >= 0.6 is 0 Å². The molecule has 0 bridgehead atoms. The lowest BCUT2D eigenvalue weighted by molar-refractivity contribution is 0.0938. The van der Waals surface area contributed by atoms with E-state index in [-0.39, 0.29) is 23.5 Å². The summed E-state index contributed by atoms with van der Waals surface area (Å²) in [6.07, 6.45) is 4.69. The summed E-state index contributed by atoms with van der Waals surface area (Å²) < 4.78 is 0. The predicted molar refractivity (Wildman–Crippen MR) is 178 cm³/mol. The molecule has 244 valence electrons. The van der Waals surface area contributed by atoms with E-state index in [9.17, 15) is 14.4 Å². The van der Waals surface area contributed by atoms with Crippen molar-refractivity contribution in [2.75, 3.05) is 19.6 Å². The van der Waals surface area contributed by atoms with Gasteiger partial charge in [-0.2, -0.15) is 0 Å². The number of rotatable bonds is 8. The van der Waals surface area contributed by atoms with Gasteiger partial charge < -0.3 is 16.0 Å². The van der Waals surface area contributed by atoms with Crippen molar-refractivity contribution in [2.45, 2.75) is 94.9 Å². The Kier molecular flexibility index (Phi) is 24.0. The normalized spacial score (nSPS) is 9.41. The minimum atomic E-state index is -0.221. The molecule has 0 fully saturated rings. The van der Waals surface area contributed by atoms with Crippen LogP contribution in [0.2, 0.25) is 0 Å². The molecule has 0 atom stereocenters. The van der Waals surface area contributed by atoms with E-state index >= 15 is 0 Å². The maximum atomic E-state index is 11.4. The molecule has 0 aliphatic heterocycles. The Morgan fingerprint density at radius 2 is 1.16 bits per heavy atom. The van der Waals surface area contributed by atoms with Gasteiger partial charge in [-0.1, -0.05) is 55.4 Å². The Hall–Kier alpha value is -4.28. The van der Waals surface area contributed by atoms with Crippen molar-refractivity contribution in [3.63, 3.8) is 0 Å². The van der Waals surface area contributed by atoms with Gasteiger partial charge in [0.2, 0.25) is 5.82 Å². The Morgan fingerprint density at radius 1 is 0.659 bits per heavy atom. The van der Waals surface area contributed by atoms with Crippen molar-refractivity contribution in [1.82, 2.24) is 40.9 Å². The molecule has 11 nitrogen and oxygen atoms in total. The van der Waals surface area contributed by atoms with Crippen LogP contribution in [0.4, 0.5) is 0 Å². The summed E-state index contributed by atoms with van der Waals surface area (Å²) in [6.45, 7) is 25.5. The summed E-state index contributed by atoms with van der Waals surface area (Å²) in [6, 6.07) is 7.27. The summed E-state index contributed by atoms with van der Waals surface area (Å²) >= 11 is 0. The van der Waals surface area contributed by atoms with Crippen molar-refractivity contribution in [3.05, 3.63) is 77.2 Å². The highest BCUT2D eigenvalue weighted by atomic mass is 16.2. The molecule has 0 aliphatic rings. The van der Waals surface area contributed by atoms with E-state index in [0.29, 0.717) is 42.9 Å². The number of hydrogen-bond donors (Lipinski definition) is 3. The summed E-state index contributed by atoms with van der Waals surface area (Å²) in [7, 11) is 0. The van der Waals surface area contributed by atoms with Gasteiger partial charge in [-0.15, -0.1) is 0 Å². The van der Waals surface area contributed by atoms with Gasteiger partial charge in [-0.25, -0.2) is 19.9 Å². The van der Waals surface area contributed by atoms with Gasteiger partial charge in [0.25, 0.3) is 17.7 Å². The van der Waals surface area contributed by atoms with E-state index in [1.54, 1.807) is 24.5 Å². The minimum absolute atomic E-state index is 0.102. The lowest BCUT2D eigenvalue weighted by Gasteiger charge is -2.06. The highest BCUT2D eigenvalue weighted by Crippen LogP contribution is 2.14. The highest BCUT2D eigenvalue weighted by Gasteiger charge is 2.09. The number of pyridine rings is 1. The summed E-state index contributed by atoms with van der Waals surface area (Å²) in [5, 5.41) is 8.05. The molecular weight excluding hydrogens is 556 g/mol.